The highest BCUT2D eigenvalue weighted by atomic mass is 16.2. The van der Waals surface area contributed by atoms with E-state index in [9.17, 15) is 19.2 Å². The van der Waals surface area contributed by atoms with Gasteiger partial charge in [0, 0.05) is 58.9 Å². The molecule has 3 fully saturated rings. The number of benzene rings is 1. The van der Waals surface area contributed by atoms with Crippen molar-refractivity contribution < 1.29 is 19.2 Å². The summed E-state index contributed by atoms with van der Waals surface area (Å²) in [6, 6.07) is 6.97. The van der Waals surface area contributed by atoms with Crippen LogP contribution < -0.4 is 15.1 Å². The van der Waals surface area contributed by atoms with Crippen LogP contribution >= 0.6 is 0 Å². The van der Waals surface area contributed by atoms with Crippen LogP contribution in [0.25, 0.3) is 0 Å². The second-order valence-corrected chi connectivity index (χ2v) is 9.95. The van der Waals surface area contributed by atoms with Gasteiger partial charge in [-0.2, -0.15) is 0 Å². The number of nitrogens with zero attached hydrogens (tertiary/aromatic N) is 5. The number of aromatic nitrogens is 1. The van der Waals surface area contributed by atoms with E-state index in [0.717, 1.165) is 22.5 Å². The largest absolute Gasteiger partial charge is 0.356 e. The molecule has 2 aromatic rings. The van der Waals surface area contributed by atoms with E-state index < -0.39 is 6.03 Å². The first kappa shape index (κ1) is 24.7. The zero-order valence-electron chi connectivity index (χ0n) is 21.5. The average Bonchev–Trinajstić information content (AvgIpc) is 3.48. The summed E-state index contributed by atoms with van der Waals surface area (Å²) in [5, 5.41) is 2.84. The summed E-state index contributed by atoms with van der Waals surface area (Å²) >= 11 is 0. The fourth-order valence-electron chi connectivity index (χ4n) is 5.47. The van der Waals surface area contributed by atoms with Crippen LogP contribution in [0.1, 0.15) is 46.3 Å². The zero-order chi connectivity index (χ0) is 26.3. The van der Waals surface area contributed by atoms with Crippen molar-refractivity contribution >= 4 is 35.3 Å². The zero-order valence-corrected chi connectivity index (χ0v) is 21.5. The second-order valence-electron chi connectivity index (χ2n) is 9.95. The molecular formula is C27H32N6O4. The van der Waals surface area contributed by atoms with Crippen LogP contribution in [0.3, 0.4) is 0 Å². The molecule has 1 unspecified atom stereocenters. The number of imide groups is 1. The van der Waals surface area contributed by atoms with Gasteiger partial charge in [-0.1, -0.05) is 12.1 Å². The number of piperazine rings is 1. The molecule has 1 N–H and O–H groups in total. The van der Waals surface area contributed by atoms with Crippen molar-refractivity contribution in [2.75, 3.05) is 55.6 Å². The summed E-state index contributed by atoms with van der Waals surface area (Å²) in [6.45, 7) is 8.92. The van der Waals surface area contributed by atoms with Crippen molar-refractivity contribution in [2.45, 2.75) is 33.1 Å². The summed E-state index contributed by atoms with van der Waals surface area (Å²) in [5.41, 5.74) is 3.84. The smallest absolute Gasteiger partial charge is 0.331 e. The first-order valence-electron chi connectivity index (χ1n) is 12.7. The lowest BCUT2D eigenvalue weighted by molar-refractivity contribution is -0.125. The van der Waals surface area contributed by atoms with Gasteiger partial charge in [0.15, 0.2) is 0 Å². The molecule has 5 amide bonds. The van der Waals surface area contributed by atoms with E-state index in [4.69, 9.17) is 0 Å². The van der Waals surface area contributed by atoms with Gasteiger partial charge in [0.05, 0.1) is 17.2 Å². The predicted molar refractivity (Wildman–Crippen MR) is 139 cm³/mol. The number of hydrogen-bond acceptors (Lipinski definition) is 6. The van der Waals surface area contributed by atoms with Gasteiger partial charge in [-0.3, -0.25) is 24.2 Å². The molecule has 1 aromatic carbocycles. The van der Waals surface area contributed by atoms with Crippen molar-refractivity contribution in [3.63, 3.8) is 0 Å². The fraction of sp³-hybridized carbons (Fsp3) is 0.444. The van der Waals surface area contributed by atoms with Crippen LogP contribution in [0, 0.1) is 13.8 Å². The summed E-state index contributed by atoms with van der Waals surface area (Å²) in [4.78, 5) is 62.3. The first-order valence-corrected chi connectivity index (χ1v) is 12.7. The summed E-state index contributed by atoms with van der Waals surface area (Å²) in [6.07, 6.45) is 2.52. The van der Waals surface area contributed by atoms with E-state index >= 15 is 0 Å². The predicted octanol–water partition coefficient (Wildman–Crippen LogP) is 2.05. The number of hydrogen-bond donors (Lipinski definition) is 1. The number of pyridine rings is 1. The molecule has 37 heavy (non-hydrogen) atoms. The number of aryl methyl sites for hydroxylation is 2. The molecule has 0 saturated carbocycles. The van der Waals surface area contributed by atoms with Gasteiger partial charge in [-0.05, 0) is 49.1 Å². The third-order valence-corrected chi connectivity index (χ3v) is 7.44. The molecule has 3 saturated heterocycles. The lowest BCUT2D eigenvalue weighted by atomic mass is 9.95. The molecule has 1 aromatic heterocycles. The van der Waals surface area contributed by atoms with E-state index in [1.54, 1.807) is 17.0 Å². The minimum atomic E-state index is -0.444. The van der Waals surface area contributed by atoms with Crippen molar-refractivity contribution in [3.05, 3.63) is 52.7 Å². The number of amides is 5. The summed E-state index contributed by atoms with van der Waals surface area (Å²) < 4.78 is 0. The molecule has 5 rings (SSSR count). The molecule has 0 bridgehead atoms. The lowest BCUT2D eigenvalue weighted by Crippen LogP contribution is -2.49. The molecule has 0 aliphatic carbocycles. The van der Waals surface area contributed by atoms with Gasteiger partial charge in [0.2, 0.25) is 11.8 Å². The van der Waals surface area contributed by atoms with Crippen molar-refractivity contribution in [1.29, 1.82) is 0 Å². The van der Waals surface area contributed by atoms with Gasteiger partial charge in [-0.15, -0.1) is 0 Å². The molecule has 3 aliphatic rings. The van der Waals surface area contributed by atoms with Crippen LogP contribution in [-0.2, 0) is 9.59 Å². The van der Waals surface area contributed by atoms with Crippen LogP contribution in [0.2, 0.25) is 0 Å². The third-order valence-electron chi connectivity index (χ3n) is 7.44. The maximum Gasteiger partial charge on any atom is 0.331 e. The highest BCUT2D eigenvalue weighted by molar-refractivity contribution is 6.09. The maximum atomic E-state index is 13.7. The molecule has 10 heteroatoms. The number of carbonyl (C=O) groups excluding carboxylic acids is 4. The molecule has 194 valence electrons. The normalized spacial score (nSPS) is 20.0. The van der Waals surface area contributed by atoms with Crippen molar-refractivity contribution in [1.82, 2.24) is 20.1 Å². The molecule has 4 heterocycles. The van der Waals surface area contributed by atoms with E-state index in [0.29, 0.717) is 56.9 Å². The molecule has 0 spiro atoms. The van der Waals surface area contributed by atoms with E-state index in [2.05, 4.69) is 21.3 Å². The molecular weight excluding hydrogens is 472 g/mol. The highest BCUT2D eigenvalue weighted by Gasteiger charge is 2.36. The fourth-order valence-corrected chi connectivity index (χ4v) is 5.47. The van der Waals surface area contributed by atoms with E-state index in [1.807, 2.05) is 26.1 Å². The van der Waals surface area contributed by atoms with Gasteiger partial charge < -0.3 is 15.1 Å². The number of anilines is 2. The molecule has 10 nitrogen and oxygen atoms in total. The highest BCUT2D eigenvalue weighted by Crippen LogP contribution is 2.33. The van der Waals surface area contributed by atoms with Gasteiger partial charge in [0.25, 0.3) is 5.91 Å². The lowest BCUT2D eigenvalue weighted by Gasteiger charge is -2.36. The monoisotopic (exact) mass is 504 g/mol. The minimum Gasteiger partial charge on any atom is -0.356 e. The van der Waals surface area contributed by atoms with Crippen LogP contribution in [0.15, 0.2) is 30.5 Å². The van der Waals surface area contributed by atoms with Crippen molar-refractivity contribution in [2.24, 2.45) is 0 Å². The first-order chi connectivity index (χ1) is 17.7. The second kappa shape index (κ2) is 9.84. The summed E-state index contributed by atoms with van der Waals surface area (Å²) in [5.74, 6) is 0.0599. The Kier molecular flexibility index (Phi) is 6.57. The maximum absolute atomic E-state index is 13.7. The van der Waals surface area contributed by atoms with Crippen LogP contribution in [0.4, 0.5) is 16.3 Å². The molecule has 0 radical (unpaired) electrons. The Morgan fingerprint density at radius 3 is 2.38 bits per heavy atom. The summed E-state index contributed by atoms with van der Waals surface area (Å²) in [7, 11) is 0. The van der Waals surface area contributed by atoms with Crippen molar-refractivity contribution in [3.8, 4) is 0 Å². The Morgan fingerprint density at radius 1 is 1.00 bits per heavy atom. The Balaban J connectivity index is 1.40. The molecule has 3 aliphatic heterocycles. The van der Waals surface area contributed by atoms with Crippen LogP contribution in [0.5, 0.6) is 0 Å². The number of urea groups is 1. The number of nitrogens with one attached hydrogen (secondary N) is 1. The van der Waals surface area contributed by atoms with E-state index in [-0.39, 0.29) is 30.2 Å². The topological polar surface area (TPSA) is 106 Å². The van der Waals surface area contributed by atoms with Gasteiger partial charge in [-0.25, -0.2) is 9.78 Å². The quantitative estimate of drug-likeness (QED) is 0.683. The Morgan fingerprint density at radius 2 is 1.76 bits per heavy atom. The minimum absolute atomic E-state index is 0.0562. The molecule has 1 atom stereocenters. The Hall–Kier alpha value is -3.95. The van der Waals surface area contributed by atoms with Gasteiger partial charge in [0.1, 0.15) is 5.82 Å². The number of carbonyl (C=O) groups is 4. The third kappa shape index (κ3) is 4.63. The average molecular weight is 505 g/mol. The van der Waals surface area contributed by atoms with E-state index in [1.165, 1.54) is 16.7 Å². The Labute approximate surface area is 216 Å². The number of rotatable bonds is 4. The van der Waals surface area contributed by atoms with Crippen LogP contribution in [-0.4, -0.2) is 84.3 Å². The SMILES string of the molecule is CC(=O)N1CCN(c2cc(C3CCNC3=O)ccc2C(=O)N2CCN(c3ncc(C)cc3C)CC2)C1=O. The standard InChI is InChI=1S/C27H32N6O4/c1-17-14-18(2)24(29-16-17)30-8-10-31(11-9-30)26(36)22-5-4-20(21-6-7-28-25(21)35)15-23(22)33-13-12-32(19(3)34)27(33)37/h4-5,14-16,21H,6-13H2,1-3H3,(H,28,35). The Bertz CT molecular complexity index is 1270. The van der Waals surface area contributed by atoms with Gasteiger partial charge >= 0.3 is 6.03 Å².